The van der Waals surface area contributed by atoms with Crippen LogP contribution < -0.4 is 9.47 Å². The molecular formula is C15H21ClO4. The second-order valence-electron chi connectivity index (χ2n) is 5.20. The van der Waals surface area contributed by atoms with Crippen LogP contribution in [0.5, 0.6) is 11.5 Å². The minimum atomic E-state index is -0.751. The summed E-state index contributed by atoms with van der Waals surface area (Å²) in [6, 6.07) is 3.62. The molecule has 1 aliphatic heterocycles. The Bertz CT molecular complexity index is 463. The third kappa shape index (κ3) is 3.37. The van der Waals surface area contributed by atoms with Gasteiger partial charge in [-0.15, -0.1) is 0 Å². The van der Waals surface area contributed by atoms with Gasteiger partial charge in [0.2, 0.25) is 0 Å². The number of benzene rings is 1. The molecule has 2 rings (SSSR count). The van der Waals surface area contributed by atoms with Gasteiger partial charge in [-0.05, 0) is 30.4 Å². The van der Waals surface area contributed by atoms with E-state index in [1.54, 1.807) is 6.07 Å². The molecule has 0 saturated heterocycles. The van der Waals surface area contributed by atoms with E-state index >= 15 is 0 Å². The van der Waals surface area contributed by atoms with Crippen molar-refractivity contribution in [2.45, 2.75) is 44.8 Å². The lowest BCUT2D eigenvalue weighted by atomic mass is 9.92. The van der Waals surface area contributed by atoms with Crippen molar-refractivity contribution in [1.82, 2.24) is 0 Å². The van der Waals surface area contributed by atoms with Gasteiger partial charge in [-0.1, -0.05) is 25.4 Å². The van der Waals surface area contributed by atoms with E-state index in [1.807, 2.05) is 19.9 Å². The molecule has 4 nitrogen and oxygen atoms in total. The molecule has 0 spiro atoms. The first-order chi connectivity index (χ1) is 9.52. The normalized spacial score (nSPS) is 18.4. The molecule has 0 saturated carbocycles. The van der Waals surface area contributed by atoms with Crippen LogP contribution in [0.1, 0.15) is 38.2 Å². The Kier molecular flexibility index (Phi) is 5.13. The van der Waals surface area contributed by atoms with Crippen LogP contribution in [-0.4, -0.2) is 35.6 Å². The molecule has 1 aromatic rings. The summed E-state index contributed by atoms with van der Waals surface area (Å²) in [4.78, 5) is 0. The Morgan fingerprint density at radius 2 is 1.75 bits per heavy atom. The summed E-state index contributed by atoms with van der Waals surface area (Å²) >= 11 is 6.27. The van der Waals surface area contributed by atoms with Crippen molar-refractivity contribution >= 4 is 11.6 Å². The predicted octanol–water partition coefficient (Wildman–Crippen LogP) is 2.74. The van der Waals surface area contributed by atoms with Crippen molar-refractivity contribution in [2.24, 2.45) is 0 Å². The van der Waals surface area contributed by atoms with E-state index in [2.05, 4.69) is 0 Å². The molecule has 1 aromatic carbocycles. The summed E-state index contributed by atoms with van der Waals surface area (Å²) in [5, 5.41) is 20.2. The third-order valence-electron chi connectivity index (χ3n) is 3.65. The summed E-state index contributed by atoms with van der Waals surface area (Å²) in [7, 11) is 0. The first kappa shape index (κ1) is 15.4. The van der Waals surface area contributed by atoms with E-state index in [0.717, 1.165) is 5.56 Å². The molecule has 1 heterocycles. The zero-order chi connectivity index (χ0) is 14.7. The SMILES string of the molecule is CCC(O)C(O)CC(C)c1cc2c(cc1Cl)OCCO2. The van der Waals surface area contributed by atoms with Crippen LogP contribution in [0.2, 0.25) is 5.02 Å². The Morgan fingerprint density at radius 1 is 1.15 bits per heavy atom. The smallest absolute Gasteiger partial charge is 0.162 e. The van der Waals surface area contributed by atoms with Gasteiger partial charge in [-0.3, -0.25) is 0 Å². The van der Waals surface area contributed by atoms with Gasteiger partial charge in [0.1, 0.15) is 13.2 Å². The molecule has 112 valence electrons. The molecule has 0 fully saturated rings. The molecular weight excluding hydrogens is 280 g/mol. The van der Waals surface area contributed by atoms with Gasteiger partial charge in [0.15, 0.2) is 11.5 Å². The van der Waals surface area contributed by atoms with Crippen LogP contribution in [0.4, 0.5) is 0 Å². The maximum absolute atomic E-state index is 9.93. The fourth-order valence-corrected chi connectivity index (χ4v) is 2.72. The third-order valence-corrected chi connectivity index (χ3v) is 3.98. The second-order valence-corrected chi connectivity index (χ2v) is 5.60. The average molecular weight is 301 g/mol. The van der Waals surface area contributed by atoms with E-state index in [-0.39, 0.29) is 5.92 Å². The number of aliphatic hydroxyl groups is 2. The Hall–Kier alpha value is -0.970. The number of halogens is 1. The monoisotopic (exact) mass is 300 g/mol. The standard InChI is InChI=1S/C15H21ClO4/c1-3-12(17)13(18)6-9(2)10-7-14-15(8-11(10)16)20-5-4-19-14/h7-9,12-13,17-18H,3-6H2,1-2H3. The maximum Gasteiger partial charge on any atom is 0.162 e. The lowest BCUT2D eigenvalue weighted by Crippen LogP contribution is -2.26. The van der Waals surface area contributed by atoms with Crippen molar-refractivity contribution in [3.05, 3.63) is 22.7 Å². The zero-order valence-corrected chi connectivity index (χ0v) is 12.6. The van der Waals surface area contributed by atoms with Crippen molar-refractivity contribution < 1.29 is 19.7 Å². The first-order valence-corrected chi connectivity index (χ1v) is 7.35. The number of aliphatic hydroxyl groups excluding tert-OH is 2. The molecule has 0 radical (unpaired) electrons. The molecule has 2 N–H and O–H groups in total. The highest BCUT2D eigenvalue weighted by Crippen LogP contribution is 2.39. The van der Waals surface area contributed by atoms with Gasteiger partial charge in [0.05, 0.1) is 12.2 Å². The molecule has 5 heteroatoms. The van der Waals surface area contributed by atoms with Gasteiger partial charge in [0, 0.05) is 11.1 Å². The summed E-state index contributed by atoms with van der Waals surface area (Å²) in [5.41, 5.74) is 0.901. The highest BCUT2D eigenvalue weighted by molar-refractivity contribution is 6.31. The minimum absolute atomic E-state index is 0.0227. The predicted molar refractivity (Wildman–Crippen MR) is 77.8 cm³/mol. The quantitative estimate of drug-likeness (QED) is 0.878. The van der Waals surface area contributed by atoms with E-state index in [0.29, 0.717) is 42.6 Å². The molecule has 0 amide bonds. The topological polar surface area (TPSA) is 58.9 Å². The van der Waals surface area contributed by atoms with Crippen LogP contribution >= 0.6 is 11.6 Å². The van der Waals surface area contributed by atoms with Gasteiger partial charge in [-0.2, -0.15) is 0 Å². The van der Waals surface area contributed by atoms with Crippen molar-refractivity contribution in [3.8, 4) is 11.5 Å². The number of rotatable bonds is 5. The second kappa shape index (κ2) is 6.66. The van der Waals surface area contributed by atoms with Crippen LogP contribution in [-0.2, 0) is 0 Å². The minimum Gasteiger partial charge on any atom is -0.486 e. The molecule has 0 bridgehead atoms. The number of fused-ring (bicyclic) bond motifs is 1. The van der Waals surface area contributed by atoms with Crippen LogP contribution in [0.25, 0.3) is 0 Å². The molecule has 3 atom stereocenters. The summed E-state index contributed by atoms with van der Waals surface area (Å²) in [6.45, 7) is 4.87. The fourth-order valence-electron chi connectivity index (χ4n) is 2.38. The molecule has 20 heavy (non-hydrogen) atoms. The van der Waals surface area contributed by atoms with Crippen LogP contribution in [0.3, 0.4) is 0 Å². The molecule has 3 unspecified atom stereocenters. The largest absolute Gasteiger partial charge is 0.486 e. The van der Waals surface area contributed by atoms with Crippen LogP contribution in [0, 0.1) is 0 Å². The lowest BCUT2D eigenvalue weighted by Gasteiger charge is -2.24. The number of ether oxygens (including phenoxy) is 2. The Morgan fingerprint density at radius 3 is 2.35 bits per heavy atom. The van der Waals surface area contributed by atoms with Crippen molar-refractivity contribution in [2.75, 3.05) is 13.2 Å². The maximum atomic E-state index is 9.93. The summed E-state index contributed by atoms with van der Waals surface area (Å²) in [5.74, 6) is 1.37. The molecule has 0 aromatic heterocycles. The van der Waals surface area contributed by atoms with Crippen molar-refractivity contribution in [3.63, 3.8) is 0 Å². The highest BCUT2D eigenvalue weighted by atomic mass is 35.5. The van der Waals surface area contributed by atoms with Crippen LogP contribution in [0.15, 0.2) is 12.1 Å². The molecule has 1 aliphatic rings. The van der Waals surface area contributed by atoms with E-state index in [4.69, 9.17) is 21.1 Å². The first-order valence-electron chi connectivity index (χ1n) is 6.98. The van der Waals surface area contributed by atoms with E-state index in [9.17, 15) is 10.2 Å². The van der Waals surface area contributed by atoms with Crippen molar-refractivity contribution in [1.29, 1.82) is 0 Å². The average Bonchev–Trinajstić information content (AvgIpc) is 2.45. The fraction of sp³-hybridized carbons (Fsp3) is 0.600. The van der Waals surface area contributed by atoms with E-state index < -0.39 is 12.2 Å². The van der Waals surface area contributed by atoms with Gasteiger partial charge < -0.3 is 19.7 Å². The van der Waals surface area contributed by atoms with Gasteiger partial charge in [-0.25, -0.2) is 0 Å². The Labute approximate surface area is 124 Å². The van der Waals surface area contributed by atoms with Gasteiger partial charge in [0.25, 0.3) is 0 Å². The van der Waals surface area contributed by atoms with Gasteiger partial charge >= 0.3 is 0 Å². The zero-order valence-electron chi connectivity index (χ0n) is 11.8. The van der Waals surface area contributed by atoms with E-state index in [1.165, 1.54) is 0 Å². The highest BCUT2D eigenvalue weighted by Gasteiger charge is 2.22. The Balaban J connectivity index is 2.15. The summed E-state index contributed by atoms with van der Waals surface area (Å²) in [6.07, 6.45) is -0.468. The molecule has 0 aliphatic carbocycles. The number of hydrogen-bond donors (Lipinski definition) is 2. The summed E-state index contributed by atoms with van der Waals surface area (Å²) < 4.78 is 11.0. The lowest BCUT2D eigenvalue weighted by molar-refractivity contribution is 0.00952. The number of hydrogen-bond acceptors (Lipinski definition) is 4.